The van der Waals surface area contributed by atoms with Crippen LogP contribution in [0.25, 0.3) is 11.6 Å². The summed E-state index contributed by atoms with van der Waals surface area (Å²) in [5.41, 5.74) is 12.4. The molecule has 0 aliphatic rings. The van der Waals surface area contributed by atoms with Crippen LogP contribution >= 0.6 is 12.4 Å². The fourth-order valence-electron chi connectivity index (χ4n) is 1.76. The predicted octanol–water partition coefficient (Wildman–Crippen LogP) is -0.141. The molecule has 0 aromatic carbocycles. The molecule has 0 unspecified atom stereocenters. The Kier molecular flexibility index (Phi) is 3.74. The van der Waals surface area contributed by atoms with Crippen molar-refractivity contribution < 1.29 is 17.8 Å². The summed E-state index contributed by atoms with van der Waals surface area (Å²) in [6.45, 7) is 0. The Hall–Kier alpha value is -3.43. The molecule has 0 bridgehead atoms. The number of furan rings is 1. The summed E-state index contributed by atoms with van der Waals surface area (Å²) >= 11 is 0. The minimum absolute atomic E-state index is 0. The van der Waals surface area contributed by atoms with Gasteiger partial charge in [-0.15, -0.1) is 17.3 Å². The van der Waals surface area contributed by atoms with Crippen LogP contribution in [-0.2, 0) is 0 Å². The number of hydrogen-bond acceptors (Lipinski definition) is 9. The van der Waals surface area contributed by atoms with E-state index in [2.05, 4.69) is 15.1 Å². The number of rotatable bonds is 2. The number of nitrogens with two attached hydrogens (primary N) is 2. The quantitative estimate of drug-likeness (QED) is 0.354. The number of nitroso groups, excluding NO2 is 1. The Labute approximate surface area is 160 Å². The topological polar surface area (TPSA) is 153 Å². The Morgan fingerprint density at radius 2 is 1.62 bits per heavy atom. The van der Waals surface area contributed by atoms with Crippen molar-refractivity contribution >= 4 is 24.0 Å². The first-order chi connectivity index (χ1) is 14.6. The van der Waals surface area contributed by atoms with Gasteiger partial charge in [-0.3, -0.25) is 20.7 Å². The lowest BCUT2D eigenvalue weighted by molar-refractivity contribution is 0.221. The highest BCUT2D eigenvalue weighted by Crippen LogP contribution is 1.99. The Balaban J connectivity index is 0.00000363. The first-order valence-corrected chi connectivity index (χ1v) is 6.67. The van der Waals surface area contributed by atoms with Crippen LogP contribution in [0.5, 0.6) is 0 Å². The Morgan fingerprint density at radius 1 is 1.08 bits per heavy atom. The first kappa shape index (κ1) is 12.0. The molecule has 3 aromatic rings. The molecule has 0 amide bonds. The molecule has 6 N–H and O–H groups in total. The zero-order valence-electron chi connectivity index (χ0n) is 18.8. The van der Waals surface area contributed by atoms with Crippen molar-refractivity contribution in [1.82, 2.24) is 15.4 Å². The van der Waals surface area contributed by atoms with Crippen molar-refractivity contribution in [2.24, 2.45) is 16.6 Å². The van der Waals surface area contributed by atoms with Gasteiger partial charge in [-0.25, -0.2) is 0 Å². The summed E-state index contributed by atoms with van der Waals surface area (Å²) in [5.74, 6) is -1.07. The molecule has 134 valence electrons. The fourth-order valence-corrected chi connectivity index (χ4v) is 1.76. The fraction of sp³-hybridized carbons (Fsp3) is 0. The number of halogens is 1. The highest BCUT2D eigenvalue weighted by atomic mass is 35.5. The summed E-state index contributed by atoms with van der Waals surface area (Å²) in [7, 11) is 0. The molecule has 0 aliphatic heterocycles. The minimum atomic E-state index is -0.648. The molecule has 0 radical (unpaired) electrons. The van der Waals surface area contributed by atoms with Crippen LogP contribution in [0, 0.1) is 26.4 Å². The number of nitrogens with one attached hydrogen (secondary N) is 1. The van der Waals surface area contributed by atoms with Crippen molar-refractivity contribution in [2.45, 2.75) is 0 Å². The van der Waals surface area contributed by atoms with Crippen LogP contribution in [0.3, 0.4) is 0 Å². The van der Waals surface area contributed by atoms with Crippen molar-refractivity contribution in [3.8, 4) is 0 Å². The maximum atomic E-state index is 10.6. The summed E-state index contributed by atoms with van der Waals surface area (Å²) in [6, 6.07) is 0.745. The second kappa shape index (κ2) is 8.10. The summed E-state index contributed by atoms with van der Waals surface area (Å²) in [5, 5.41) is 10.3. The molecule has 0 fully saturated rings. The third kappa shape index (κ3) is 3.79. The average molecular weight is 381 g/mol. The molecule has 3 aromatic heterocycles. The van der Waals surface area contributed by atoms with E-state index in [-0.39, 0.29) is 44.4 Å². The first-order valence-electron chi connectivity index (χ1n) is 9.67. The number of nitrogens with zero attached hydrogens (tertiary/aromatic N) is 3. The lowest BCUT2D eigenvalue weighted by Gasteiger charge is -1.95. The lowest BCUT2D eigenvalue weighted by atomic mass is 10.3. The second-order valence-corrected chi connectivity index (χ2v) is 4.56. The largest absolute Gasteiger partial charge is 0.453 e. The van der Waals surface area contributed by atoms with Gasteiger partial charge in [0.25, 0.3) is 0 Å². The van der Waals surface area contributed by atoms with E-state index >= 15 is 0 Å². The van der Waals surface area contributed by atoms with Crippen molar-refractivity contribution in [3.05, 3.63) is 85.5 Å². The maximum Gasteiger partial charge on any atom is 0.177 e. The van der Waals surface area contributed by atoms with E-state index < -0.39 is 48.2 Å². The summed E-state index contributed by atoms with van der Waals surface area (Å²) < 4.78 is 53.6. The van der Waals surface area contributed by atoms with E-state index in [9.17, 15) is 4.91 Å². The number of pyridine rings is 2. The molecular formula is C16H15ClN6O3. The van der Waals surface area contributed by atoms with E-state index in [0.717, 1.165) is 0 Å². The number of hydrogen-bond donors (Lipinski definition) is 4. The molecule has 0 aliphatic carbocycles. The van der Waals surface area contributed by atoms with E-state index in [1.807, 2.05) is 0 Å². The van der Waals surface area contributed by atoms with Crippen LogP contribution in [0.1, 0.15) is 8.22 Å². The molecule has 0 saturated heterocycles. The zero-order chi connectivity index (χ0) is 23.0. The van der Waals surface area contributed by atoms with E-state index in [0.29, 0.717) is 0 Å². The molecule has 3 heterocycles. The van der Waals surface area contributed by atoms with Gasteiger partial charge < -0.3 is 15.9 Å². The third-order valence-electron chi connectivity index (χ3n) is 2.99. The Morgan fingerprint density at radius 3 is 2.15 bits per heavy atom. The molecule has 10 heteroatoms. The molecule has 0 saturated carbocycles. The third-order valence-corrected chi connectivity index (χ3v) is 2.99. The van der Waals surface area contributed by atoms with Crippen LogP contribution in [0.4, 0.5) is 0 Å². The second-order valence-electron chi connectivity index (χ2n) is 4.56. The minimum Gasteiger partial charge on any atom is -0.453 e. The standard InChI is InChI=1S/C16H14N6O3.ClH/c17-15(21-23)9-1-3-11(19-7-9)13-5-6-14(25-13)12-4-2-10(8-20-12)16(18)22-24;/h1-8,21,23H,17-18H2;1H/b13-11-,14-12-,15-9+,16-10+;/i1D,2D,3D,4D,7D,8D;. The van der Waals surface area contributed by atoms with Crippen LogP contribution in [-0.4, -0.2) is 15.2 Å². The van der Waals surface area contributed by atoms with Crippen LogP contribution in [0.2, 0.25) is 0 Å². The van der Waals surface area contributed by atoms with Gasteiger partial charge in [-0.05, 0) is 41.5 Å². The smallest absolute Gasteiger partial charge is 0.177 e. The normalized spacial score (nSPS) is 18.7. The molecule has 26 heavy (non-hydrogen) atoms. The van der Waals surface area contributed by atoms with Crippen molar-refractivity contribution in [1.29, 1.82) is 0 Å². The van der Waals surface area contributed by atoms with Gasteiger partial charge in [-0.2, -0.15) is 0 Å². The molecule has 0 spiro atoms. The monoisotopic (exact) mass is 380 g/mol. The highest BCUT2D eigenvalue weighted by molar-refractivity contribution is 5.85. The van der Waals surface area contributed by atoms with Crippen LogP contribution in [0.15, 0.2) is 58.2 Å². The van der Waals surface area contributed by atoms with Gasteiger partial charge in [0.1, 0.15) is 16.5 Å². The van der Waals surface area contributed by atoms with Gasteiger partial charge in [0.2, 0.25) is 0 Å². The van der Waals surface area contributed by atoms with Crippen molar-refractivity contribution in [3.63, 3.8) is 0 Å². The highest BCUT2D eigenvalue weighted by Gasteiger charge is 1.95. The Bertz CT molecular complexity index is 1550. The van der Waals surface area contributed by atoms with Gasteiger partial charge in [0.15, 0.2) is 16.7 Å². The van der Waals surface area contributed by atoms with Gasteiger partial charge in [-0.1, -0.05) is 0 Å². The van der Waals surface area contributed by atoms with Gasteiger partial charge >= 0.3 is 0 Å². The molecule has 9 nitrogen and oxygen atoms in total. The predicted molar refractivity (Wildman–Crippen MR) is 94.9 cm³/mol. The molecule has 3 rings (SSSR count). The van der Waals surface area contributed by atoms with E-state index in [1.54, 1.807) is 5.48 Å². The zero-order valence-corrected chi connectivity index (χ0v) is 13.6. The van der Waals surface area contributed by atoms with Gasteiger partial charge in [0.05, 0.1) is 8.22 Å². The van der Waals surface area contributed by atoms with E-state index in [4.69, 9.17) is 29.3 Å². The lowest BCUT2D eigenvalue weighted by Crippen LogP contribution is -2.23. The average Bonchev–Trinajstić information content (AvgIpc) is 3.22. The number of hydroxylamine groups is 1. The maximum absolute atomic E-state index is 10.6. The van der Waals surface area contributed by atoms with E-state index in [1.165, 1.54) is 12.1 Å². The summed E-state index contributed by atoms with van der Waals surface area (Å²) in [6.07, 6.45) is -1.05. The molecular weight excluding hydrogens is 360 g/mol. The summed E-state index contributed by atoms with van der Waals surface area (Å²) in [4.78, 5) is 18.4. The van der Waals surface area contributed by atoms with Crippen LogP contribution < -0.4 is 27.4 Å². The number of aromatic nitrogens is 2. The van der Waals surface area contributed by atoms with Crippen molar-refractivity contribution in [2.75, 3.05) is 0 Å². The van der Waals surface area contributed by atoms with Gasteiger partial charge in [0, 0.05) is 22.8 Å². The molecule has 0 atom stereocenters. The SMILES string of the molecule is Cl.[2H]c1c([2H])/c(=C(/N)N=O)c([2H])n/c1=c1/cc/c(=c2/nc([2H])/c(=C(\N)NO)c([2H])c2[2H])o1.